The Morgan fingerprint density at radius 3 is 2.90 bits per heavy atom. The fraction of sp³-hybridized carbons (Fsp3) is 0.667. The zero-order valence-electron chi connectivity index (χ0n) is 13.5. The number of hydrogen-bond acceptors (Lipinski definition) is 2. The second-order valence-electron chi connectivity index (χ2n) is 6.92. The average Bonchev–Trinajstić information content (AvgIpc) is 2.76. The molecule has 1 N–H and O–H groups in total. The van der Waals surface area contributed by atoms with Crippen LogP contribution in [0.3, 0.4) is 0 Å². The first-order valence-corrected chi connectivity index (χ1v) is 7.99. The Hall–Kier alpha value is -1.02. The van der Waals surface area contributed by atoms with Gasteiger partial charge in [-0.2, -0.15) is 0 Å². The van der Waals surface area contributed by atoms with E-state index in [0.29, 0.717) is 11.5 Å². The lowest BCUT2D eigenvalue weighted by atomic mass is 9.86. The van der Waals surface area contributed by atoms with Crippen molar-refractivity contribution in [1.29, 1.82) is 0 Å². The highest BCUT2D eigenvalue weighted by molar-refractivity contribution is 5.40. The van der Waals surface area contributed by atoms with Crippen LogP contribution in [0.1, 0.15) is 51.7 Å². The highest BCUT2D eigenvalue weighted by atomic mass is 16.5. The summed E-state index contributed by atoms with van der Waals surface area (Å²) in [6.45, 7) is 11.3. The van der Waals surface area contributed by atoms with Crippen LogP contribution in [0.15, 0.2) is 18.2 Å². The molecule has 1 aromatic rings. The van der Waals surface area contributed by atoms with Crippen molar-refractivity contribution in [2.24, 2.45) is 5.41 Å². The van der Waals surface area contributed by atoms with Crippen LogP contribution < -0.4 is 10.1 Å². The van der Waals surface area contributed by atoms with Gasteiger partial charge in [-0.3, -0.25) is 0 Å². The van der Waals surface area contributed by atoms with Crippen LogP contribution in [0.4, 0.5) is 0 Å². The fourth-order valence-corrected chi connectivity index (χ4v) is 2.81. The lowest BCUT2D eigenvalue weighted by Crippen LogP contribution is -2.30. The van der Waals surface area contributed by atoms with Crippen LogP contribution in [0.2, 0.25) is 0 Å². The van der Waals surface area contributed by atoms with E-state index in [9.17, 15) is 0 Å². The number of nitrogens with one attached hydrogen (secondary N) is 1. The van der Waals surface area contributed by atoms with Gasteiger partial charge in [0.25, 0.3) is 0 Å². The van der Waals surface area contributed by atoms with Gasteiger partial charge in [0.2, 0.25) is 0 Å². The maximum atomic E-state index is 5.76. The van der Waals surface area contributed by atoms with Crippen LogP contribution in [-0.4, -0.2) is 19.2 Å². The summed E-state index contributed by atoms with van der Waals surface area (Å²) in [6, 6.07) is 6.72. The fourth-order valence-electron chi connectivity index (χ4n) is 2.81. The molecule has 20 heavy (non-hydrogen) atoms. The molecular formula is C18H29NO. The molecule has 112 valence electrons. The average molecular weight is 275 g/mol. The molecule has 0 radical (unpaired) electrons. The molecule has 0 bridgehead atoms. The third-order valence-corrected chi connectivity index (χ3v) is 4.08. The summed E-state index contributed by atoms with van der Waals surface area (Å²) >= 11 is 0. The van der Waals surface area contributed by atoms with Gasteiger partial charge in [-0.15, -0.1) is 0 Å². The molecule has 0 saturated heterocycles. The van der Waals surface area contributed by atoms with Gasteiger partial charge >= 0.3 is 0 Å². The van der Waals surface area contributed by atoms with Gasteiger partial charge in [0, 0.05) is 13.0 Å². The molecule has 0 spiro atoms. The molecule has 1 aromatic carbocycles. The molecule has 2 nitrogen and oxygen atoms in total. The number of rotatable bonds is 7. The highest BCUT2D eigenvalue weighted by Gasteiger charge is 2.20. The first kappa shape index (κ1) is 15.4. The van der Waals surface area contributed by atoms with Crippen LogP contribution in [0, 0.1) is 5.41 Å². The minimum Gasteiger partial charge on any atom is -0.490 e. The Morgan fingerprint density at radius 2 is 2.15 bits per heavy atom. The molecule has 0 aliphatic carbocycles. The van der Waals surface area contributed by atoms with Crippen molar-refractivity contribution in [3.8, 4) is 5.75 Å². The van der Waals surface area contributed by atoms with E-state index < -0.39 is 0 Å². The zero-order valence-corrected chi connectivity index (χ0v) is 13.5. The first-order chi connectivity index (χ1) is 9.50. The second kappa shape index (κ2) is 6.62. The van der Waals surface area contributed by atoms with Crippen molar-refractivity contribution in [2.45, 2.75) is 59.5 Å². The molecule has 0 saturated carbocycles. The number of benzene rings is 1. The summed E-state index contributed by atoms with van der Waals surface area (Å²) in [5, 5.41) is 3.54. The molecule has 0 fully saturated rings. The van der Waals surface area contributed by atoms with Crippen molar-refractivity contribution < 1.29 is 4.74 Å². The summed E-state index contributed by atoms with van der Waals surface area (Å²) in [5.74, 6) is 1.09. The van der Waals surface area contributed by atoms with Crippen molar-refractivity contribution in [2.75, 3.05) is 13.1 Å². The Balaban J connectivity index is 1.86. The van der Waals surface area contributed by atoms with E-state index in [0.717, 1.165) is 31.7 Å². The van der Waals surface area contributed by atoms with Crippen molar-refractivity contribution >= 4 is 0 Å². The molecule has 2 rings (SSSR count). The molecule has 1 aliphatic heterocycles. The van der Waals surface area contributed by atoms with Crippen LogP contribution in [0.25, 0.3) is 0 Å². The monoisotopic (exact) mass is 275 g/mol. The lowest BCUT2D eigenvalue weighted by Gasteiger charge is -2.25. The number of hydrogen-bond donors (Lipinski definition) is 1. The van der Waals surface area contributed by atoms with E-state index in [-0.39, 0.29) is 0 Å². The molecule has 1 aliphatic rings. The van der Waals surface area contributed by atoms with E-state index in [1.165, 1.54) is 24.0 Å². The van der Waals surface area contributed by atoms with E-state index in [4.69, 9.17) is 4.74 Å². The Kier molecular flexibility index (Phi) is 5.09. The SMILES string of the molecule is CCCNCC(C)(C)CCc1ccc2c(c1)CC(C)O2. The highest BCUT2D eigenvalue weighted by Crippen LogP contribution is 2.30. The van der Waals surface area contributed by atoms with Gasteiger partial charge in [0.1, 0.15) is 11.9 Å². The third kappa shape index (κ3) is 4.24. The minimum absolute atomic E-state index is 0.343. The summed E-state index contributed by atoms with van der Waals surface area (Å²) in [4.78, 5) is 0. The first-order valence-electron chi connectivity index (χ1n) is 7.99. The molecule has 1 unspecified atom stereocenters. The molecule has 1 atom stereocenters. The summed E-state index contributed by atoms with van der Waals surface area (Å²) in [6.07, 6.45) is 4.99. The topological polar surface area (TPSA) is 21.3 Å². The van der Waals surface area contributed by atoms with E-state index in [1.54, 1.807) is 0 Å². The number of fused-ring (bicyclic) bond motifs is 1. The quantitative estimate of drug-likeness (QED) is 0.760. The zero-order chi connectivity index (χ0) is 14.6. The summed E-state index contributed by atoms with van der Waals surface area (Å²) < 4.78 is 5.76. The van der Waals surface area contributed by atoms with Crippen molar-refractivity contribution in [3.05, 3.63) is 29.3 Å². The number of ether oxygens (including phenoxy) is 1. The largest absolute Gasteiger partial charge is 0.490 e. The smallest absolute Gasteiger partial charge is 0.123 e. The second-order valence-corrected chi connectivity index (χ2v) is 6.92. The summed E-state index contributed by atoms with van der Waals surface area (Å²) in [7, 11) is 0. The Bertz CT molecular complexity index is 439. The van der Waals surface area contributed by atoms with E-state index in [2.05, 4.69) is 51.2 Å². The maximum absolute atomic E-state index is 5.76. The predicted molar refractivity (Wildman–Crippen MR) is 85.5 cm³/mol. The molecular weight excluding hydrogens is 246 g/mol. The van der Waals surface area contributed by atoms with Crippen molar-refractivity contribution in [3.63, 3.8) is 0 Å². The van der Waals surface area contributed by atoms with Crippen LogP contribution >= 0.6 is 0 Å². The van der Waals surface area contributed by atoms with Gasteiger partial charge in [0.15, 0.2) is 0 Å². The lowest BCUT2D eigenvalue weighted by molar-refractivity contribution is 0.254. The maximum Gasteiger partial charge on any atom is 0.123 e. The molecule has 1 heterocycles. The molecule has 0 aromatic heterocycles. The summed E-state index contributed by atoms with van der Waals surface area (Å²) in [5.41, 5.74) is 3.19. The van der Waals surface area contributed by atoms with E-state index >= 15 is 0 Å². The normalized spacial score (nSPS) is 17.9. The van der Waals surface area contributed by atoms with Crippen molar-refractivity contribution in [1.82, 2.24) is 5.32 Å². The standard InChI is InChI=1S/C18H29NO/c1-5-10-19-13-18(3,4)9-8-15-6-7-17-16(12-15)11-14(2)20-17/h6-7,12,14,19H,5,8-11,13H2,1-4H3. The van der Waals surface area contributed by atoms with Gasteiger partial charge < -0.3 is 10.1 Å². The third-order valence-electron chi connectivity index (χ3n) is 4.08. The van der Waals surface area contributed by atoms with Gasteiger partial charge in [0.05, 0.1) is 0 Å². The van der Waals surface area contributed by atoms with Gasteiger partial charge in [-0.1, -0.05) is 32.9 Å². The Labute approximate surface area is 123 Å². The van der Waals surface area contributed by atoms with E-state index in [1.807, 2.05) is 0 Å². The van der Waals surface area contributed by atoms with Gasteiger partial charge in [-0.25, -0.2) is 0 Å². The number of aryl methyl sites for hydroxylation is 1. The Morgan fingerprint density at radius 1 is 1.35 bits per heavy atom. The van der Waals surface area contributed by atoms with Crippen LogP contribution in [-0.2, 0) is 12.8 Å². The molecule has 2 heteroatoms. The minimum atomic E-state index is 0.343. The predicted octanol–water partition coefficient (Wildman–Crippen LogP) is 3.97. The van der Waals surface area contributed by atoms with Gasteiger partial charge in [-0.05, 0) is 55.3 Å². The van der Waals surface area contributed by atoms with Crippen LogP contribution in [0.5, 0.6) is 5.75 Å². The molecule has 0 amide bonds.